The van der Waals surface area contributed by atoms with Crippen LogP contribution < -0.4 is 0 Å². The van der Waals surface area contributed by atoms with E-state index >= 15 is 0 Å². The van der Waals surface area contributed by atoms with Gasteiger partial charge < -0.3 is 4.90 Å². The van der Waals surface area contributed by atoms with Crippen molar-refractivity contribution in [3.05, 3.63) is 0 Å². The van der Waals surface area contributed by atoms with E-state index in [4.69, 9.17) is 0 Å². The van der Waals surface area contributed by atoms with Gasteiger partial charge in [0.25, 0.3) is 0 Å². The van der Waals surface area contributed by atoms with Crippen LogP contribution in [0.2, 0.25) is 0 Å². The largest absolute Gasteiger partial charge is 0.300 e. The van der Waals surface area contributed by atoms with E-state index in [-0.39, 0.29) is 0 Å². The highest BCUT2D eigenvalue weighted by Crippen LogP contribution is 2.28. The molecule has 25 heavy (non-hydrogen) atoms. The minimum Gasteiger partial charge on any atom is -0.300 e. The smallest absolute Gasteiger partial charge is 0.0126 e. The second-order valence-electron chi connectivity index (χ2n) is 10.7. The molecular formula is C21H42N4. The van der Waals surface area contributed by atoms with Crippen LogP contribution in [-0.2, 0) is 0 Å². The number of nitrogens with zero attached hydrogens (tertiary/aromatic N) is 4. The average Bonchev–Trinajstić information content (AvgIpc) is 2.49. The van der Waals surface area contributed by atoms with Gasteiger partial charge in [0, 0.05) is 76.0 Å². The van der Waals surface area contributed by atoms with Crippen LogP contribution in [0, 0.1) is 5.92 Å². The maximum atomic E-state index is 2.77. The number of rotatable bonds is 3. The van der Waals surface area contributed by atoms with E-state index in [1.54, 1.807) is 0 Å². The van der Waals surface area contributed by atoms with Crippen LogP contribution in [0.1, 0.15) is 54.4 Å². The Hall–Kier alpha value is -0.160. The van der Waals surface area contributed by atoms with Gasteiger partial charge in [-0.05, 0) is 60.3 Å². The standard InChI is InChI=1S/C21H42N4/c1-20(2,3)24-9-7-19(8-10-24)23-16-18(17-23)15-22-11-13-25(14-12-22)21(4,5)6/h18-19H,7-17H2,1-6H3. The lowest BCUT2D eigenvalue weighted by atomic mass is 9.91. The summed E-state index contributed by atoms with van der Waals surface area (Å²) in [5, 5.41) is 0. The minimum absolute atomic E-state index is 0.335. The Morgan fingerprint density at radius 2 is 1.16 bits per heavy atom. The molecule has 0 atom stereocenters. The van der Waals surface area contributed by atoms with Crippen molar-refractivity contribution in [2.75, 3.05) is 58.9 Å². The monoisotopic (exact) mass is 350 g/mol. The molecule has 3 aliphatic rings. The first-order chi connectivity index (χ1) is 11.6. The molecule has 3 heterocycles. The molecule has 0 saturated carbocycles. The van der Waals surface area contributed by atoms with Crippen LogP contribution >= 0.6 is 0 Å². The van der Waals surface area contributed by atoms with E-state index in [1.165, 1.54) is 71.7 Å². The number of piperidine rings is 1. The molecule has 4 nitrogen and oxygen atoms in total. The van der Waals surface area contributed by atoms with E-state index in [1.807, 2.05) is 0 Å². The van der Waals surface area contributed by atoms with Crippen molar-refractivity contribution in [1.82, 2.24) is 19.6 Å². The molecule has 0 aromatic rings. The zero-order valence-corrected chi connectivity index (χ0v) is 17.7. The lowest BCUT2D eigenvalue weighted by Crippen LogP contribution is -2.60. The number of likely N-dealkylation sites (tertiary alicyclic amines) is 2. The summed E-state index contributed by atoms with van der Waals surface area (Å²) in [5.41, 5.74) is 0.679. The molecule has 3 saturated heterocycles. The molecule has 0 bridgehead atoms. The van der Waals surface area contributed by atoms with Gasteiger partial charge in [-0.25, -0.2) is 0 Å². The van der Waals surface area contributed by atoms with Crippen molar-refractivity contribution in [2.45, 2.75) is 71.5 Å². The van der Waals surface area contributed by atoms with Crippen molar-refractivity contribution < 1.29 is 0 Å². The lowest BCUT2D eigenvalue weighted by molar-refractivity contribution is -0.0184. The molecule has 3 rings (SSSR count). The van der Waals surface area contributed by atoms with E-state index in [2.05, 4.69) is 61.1 Å². The second kappa shape index (κ2) is 7.46. The van der Waals surface area contributed by atoms with Crippen molar-refractivity contribution in [2.24, 2.45) is 5.92 Å². The Kier molecular flexibility index (Phi) is 5.85. The van der Waals surface area contributed by atoms with Gasteiger partial charge in [-0.1, -0.05) is 0 Å². The van der Waals surface area contributed by atoms with Crippen LogP contribution in [0.5, 0.6) is 0 Å². The molecule has 0 amide bonds. The van der Waals surface area contributed by atoms with Crippen molar-refractivity contribution in [3.8, 4) is 0 Å². The van der Waals surface area contributed by atoms with E-state index in [9.17, 15) is 0 Å². The Morgan fingerprint density at radius 1 is 0.680 bits per heavy atom. The predicted molar refractivity (Wildman–Crippen MR) is 107 cm³/mol. The van der Waals surface area contributed by atoms with Gasteiger partial charge in [0.15, 0.2) is 0 Å². The highest BCUT2D eigenvalue weighted by molar-refractivity contribution is 4.92. The van der Waals surface area contributed by atoms with Gasteiger partial charge in [0.2, 0.25) is 0 Å². The van der Waals surface area contributed by atoms with Crippen LogP contribution in [-0.4, -0.2) is 95.6 Å². The molecule has 0 spiro atoms. The maximum absolute atomic E-state index is 2.77. The molecular weight excluding hydrogens is 308 g/mol. The summed E-state index contributed by atoms with van der Waals surface area (Å²) >= 11 is 0. The van der Waals surface area contributed by atoms with E-state index in [0.717, 1.165) is 12.0 Å². The predicted octanol–water partition coefficient (Wildman–Crippen LogP) is 2.60. The average molecular weight is 351 g/mol. The Morgan fingerprint density at radius 3 is 1.64 bits per heavy atom. The molecule has 0 aromatic heterocycles. The molecule has 3 aliphatic heterocycles. The number of hydrogen-bond donors (Lipinski definition) is 0. The van der Waals surface area contributed by atoms with Gasteiger partial charge in [-0.15, -0.1) is 0 Å². The summed E-state index contributed by atoms with van der Waals surface area (Å²) in [6, 6.07) is 0.854. The molecule has 0 aliphatic carbocycles. The van der Waals surface area contributed by atoms with Crippen molar-refractivity contribution in [3.63, 3.8) is 0 Å². The molecule has 3 fully saturated rings. The van der Waals surface area contributed by atoms with Crippen LogP contribution in [0.3, 0.4) is 0 Å². The Labute approximate surface area is 156 Å². The van der Waals surface area contributed by atoms with Crippen LogP contribution in [0.25, 0.3) is 0 Å². The quantitative estimate of drug-likeness (QED) is 0.775. The molecule has 0 unspecified atom stereocenters. The van der Waals surface area contributed by atoms with Gasteiger partial charge in [-0.3, -0.25) is 14.7 Å². The lowest BCUT2D eigenvalue weighted by Gasteiger charge is -2.50. The Balaban J connectivity index is 1.33. The third-order valence-corrected chi connectivity index (χ3v) is 6.75. The first-order valence-corrected chi connectivity index (χ1v) is 10.6. The SMILES string of the molecule is CC(C)(C)N1CCC(N2CC(CN3CCN(C(C)(C)C)CC3)C2)CC1. The van der Waals surface area contributed by atoms with Crippen molar-refractivity contribution >= 4 is 0 Å². The first-order valence-electron chi connectivity index (χ1n) is 10.6. The van der Waals surface area contributed by atoms with Crippen LogP contribution in [0.15, 0.2) is 0 Å². The van der Waals surface area contributed by atoms with E-state index < -0.39 is 0 Å². The highest BCUT2D eigenvalue weighted by atomic mass is 15.3. The highest BCUT2D eigenvalue weighted by Gasteiger charge is 2.37. The van der Waals surface area contributed by atoms with Crippen molar-refractivity contribution in [1.29, 1.82) is 0 Å². The fourth-order valence-electron chi connectivity index (χ4n) is 4.89. The fraction of sp³-hybridized carbons (Fsp3) is 1.00. The minimum atomic E-state index is 0.335. The summed E-state index contributed by atoms with van der Waals surface area (Å²) in [7, 11) is 0. The first kappa shape index (κ1) is 19.6. The normalized spacial score (nSPS) is 27.6. The Bertz CT molecular complexity index is 414. The third kappa shape index (κ3) is 4.97. The van der Waals surface area contributed by atoms with Gasteiger partial charge in [0.1, 0.15) is 0 Å². The molecule has 0 radical (unpaired) electrons. The van der Waals surface area contributed by atoms with Gasteiger partial charge in [0.05, 0.1) is 0 Å². The maximum Gasteiger partial charge on any atom is 0.0126 e. The molecule has 0 aromatic carbocycles. The summed E-state index contributed by atoms with van der Waals surface area (Å²) in [6.45, 7) is 25.7. The molecule has 4 heteroatoms. The fourth-order valence-corrected chi connectivity index (χ4v) is 4.89. The summed E-state index contributed by atoms with van der Waals surface area (Å²) in [4.78, 5) is 10.8. The summed E-state index contributed by atoms with van der Waals surface area (Å²) in [6.07, 6.45) is 2.74. The second-order valence-corrected chi connectivity index (χ2v) is 10.7. The molecule has 0 N–H and O–H groups in total. The zero-order valence-electron chi connectivity index (χ0n) is 17.7. The third-order valence-electron chi connectivity index (χ3n) is 6.75. The topological polar surface area (TPSA) is 13.0 Å². The summed E-state index contributed by atoms with van der Waals surface area (Å²) in [5.74, 6) is 0.918. The van der Waals surface area contributed by atoms with Gasteiger partial charge >= 0.3 is 0 Å². The zero-order chi connectivity index (χ0) is 18.2. The van der Waals surface area contributed by atoms with E-state index in [0.29, 0.717) is 11.1 Å². The summed E-state index contributed by atoms with van der Waals surface area (Å²) < 4.78 is 0. The van der Waals surface area contributed by atoms with Gasteiger partial charge in [-0.2, -0.15) is 0 Å². The number of piperazine rings is 1. The molecule has 146 valence electrons. The number of hydrogen-bond acceptors (Lipinski definition) is 4. The van der Waals surface area contributed by atoms with Crippen LogP contribution in [0.4, 0.5) is 0 Å².